The molecule has 6 heteroatoms. The Morgan fingerprint density at radius 2 is 2.05 bits per heavy atom. The van der Waals surface area contributed by atoms with E-state index in [0.29, 0.717) is 32.6 Å². The van der Waals surface area contributed by atoms with E-state index in [1.807, 2.05) is 19.1 Å². The fraction of sp³-hybridized carbons (Fsp3) is 0.615. The van der Waals surface area contributed by atoms with Gasteiger partial charge in [0.15, 0.2) is 0 Å². The molecule has 1 amide bonds. The van der Waals surface area contributed by atoms with Crippen LogP contribution < -0.4 is 5.73 Å². The molecule has 0 atom stereocenters. The quantitative estimate of drug-likeness (QED) is 0.915. The molecule has 0 spiro atoms. The molecule has 1 aromatic rings. The van der Waals surface area contributed by atoms with E-state index in [1.165, 1.54) is 0 Å². The second kappa shape index (κ2) is 6.41. The molecule has 2 N–H and O–H groups in total. The van der Waals surface area contributed by atoms with Crippen LogP contribution in [0.25, 0.3) is 0 Å². The smallest absolute Gasteiger partial charge is 0.242 e. The third-order valence-electron chi connectivity index (χ3n) is 3.35. The minimum Gasteiger partial charge on any atom is -0.464 e. The molecule has 0 saturated carbocycles. The second-order valence-corrected chi connectivity index (χ2v) is 4.94. The molecule has 1 aliphatic rings. The molecule has 1 saturated heterocycles. The highest BCUT2D eigenvalue weighted by Gasteiger charge is 2.37. The van der Waals surface area contributed by atoms with Gasteiger partial charge in [0.1, 0.15) is 11.5 Å². The summed E-state index contributed by atoms with van der Waals surface area (Å²) in [5.41, 5.74) is 5.38. The van der Waals surface area contributed by atoms with Gasteiger partial charge in [-0.1, -0.05) is 0 Å². The van der Waals surface area contributed by atoms with Crippen LogP contribution in [0.1, 0.15) is 24.4 Å². The lowest BCUT2D eigenvalue weighted by Gasteiger charge is -2.35. The summed E-state index contributed by atoms with van der Waals surface area (Å²) >= 11 is 0. The zero-order valence-electron chi connectivity index (χ0n) is 11.3. The predicted octanol–water partition coefficient (Wildman–Crippen LogP) is 1.48. The largest absolute Gasteiger partial charge is 0.464 e. The SMILES string of the molecule is Cc1ccc(CN(C)C(=O)C2(N)CCOCC2)o1.Cl. The van der Waals surface area contributed by atoms with Crippen LogP contribution in [0.15, 0.2) is 16.5 Å². The molecule has 5 nitrogen and oxygen atoms in total. The Kier molecular flexibility index (Phi) is 5.40. The van der Waals surface area contributed by atoms with Gasteiger partial charge in [0.25, 0.3) is 0 Å². The minimum atomic E-state index is -0.783. The van der Waals surface area contributed by atoms with Crippen molar-refractivity contribution >= 4 is 18.3 Å². The normalized spacial score (nSPS) is 17.6. The summed E-state index contributed by atoms with van der Waals surface area (Å²) in [6.45, 7) is 3.44. The standard InChI is InChI=1S/C13H20N2O3.ClH/c1-10-3-4-11(18-10)9-15(2)12(16)13(14)5-7-17-8-6-13;/h3-4H,5-9,14H2,1-2H3;1H. The number of amides is 1. The van der Waals surface area contributed by atoms with E-state index < -0.39 is 5.54 Å². The lowest BCUT2D eigenvalue weighted by molar-refractivity contribution is -0.140. The highest BCUT2D eigenvalue weighted by Crippen LogP contribution is 2.21. The van der Waals surface area contributed by atoms with Crippen LogP contribution in [0.2, 0.25) is 0 Å². The Bertz CT molecular complexity index is 427. The molecule has 0 aromatic carbocycles. The van der Waals surface area contributed by atoms with Crippen molar-refractivity contribution < 1.29 is 13.9 Å². The van der Waals surface area contributed by atoms with Crippen molar-refractivity contribution in [3.8, 4) is 0 Å². The number of carbonyl (C=O) groups excluding carboxylic acids is 1. The van der Waals surface area contributed by atoms with Crippen molar-refractivity contribution in [2.75, 3.05) is 20.3 Å². The highest BCUT2D eigenvalue weighted by molar-refractivity contribution is 5.86. The Morgan fingerprint density at radius 3 is 2.58 bits per heavy atom. The van der Waals surface area contributed by atoms with Crippen LogP contribution in [-0.2, 0) is 16.1 Å². The highest BCUT2D eigenvalue weighted by atomic mass is 35.5. The van der Waals surface area contributed by atoms with Crippen molar-refractivity contribution in [2.45, 2.75) is 31.8 Å². The summed E-state index contributed by atoms with van der Waals surface area (Å²) in [4.78, 5) is 14.0. The summed E-state index contributed by atoms with van der Waals surface area (Å²) in [7, 11) is 1.75. The number of nitrogens with two attached hydrogens (primary N) is 1. The van der Waals surface area contributed by atoms with Crippen LogP contribution >= 0.6 is 12.4 Å². The number of aryl methyl sites for hydroxylation is 1. The van der Waals surface area contributed by atoms with E-state index in [9.17, 15) is 4.79 Å². The van der Waals surface area contributed by atoms with E-state index in [-0.39, 0.29) is 18.3 Å². The zero-order valence-corrected chi connectivity index (χ0v) is 12.2. The summed E-state index contributed by atoms with van der Waals surface area (Å²) in [5, 5.41) is 0. The second-order valence-electron chi connectivity index (χ2n) is 4.94. The van der Waals surface area contributed by atoms with Crippen molar-refractivity contribution in [3.63, 3.8) is 0 Å². The minimum absolute atomic E-state index is 0. The summed E-state index contributed by atoms with van der Waals surface area (Å²) in [5.74, 6) is 1.58. The molecule has 108 valence electrons. The van der Waals surface area contributed by atoms with Gasteiger partial charge in [0.05, 0.1) is 12.1 Å². The average Bonchev–Trinajstić information content (AvgIpc) is 2.74. The topological polar surface area (TPSA) is 68.7 Å². The van der Waals surface area contributed by atoms with Crippen molar-refractivity contribution in [1.29, 1.82) is 0 Å². The van der Waals surface area contributed by atoms with Gasteiger partial charge in [-0.15, -0.1) is 12.4 Å². The molecular weight excluding hydrogens is 268 g/mol. The number of hydrogen-bond acceptors (Lipinski definition) is 4. The first-order valence-corrected chi connectivity index (χ1v) is 6.19. The van der Waals surface area contributed by atoms with E-state index >= 15 is 0 Å². The third kappa shape index (κ3) is 3.72. The predicted molar refractivity (Wildman–Crippen MR) is 74.1 cm³/mol. The van der Waals surface area contributed by atoms with Crippen molar-refractivity contribution in [1.82, 2.24) is 4.90 Å². The van der Waals surface area contributed by atoms with Crippen molar-refractivity contribution in [2.24, 2.45) is 5.73 Å². The average molecular weight is 289 g/mol. The number of likely N-dealkylation sites (N-methyl/N-ethyl adjacent to an activating group) is 1. The molecule has 1 aromatic heterocycles. The molecule has 1 aliphatic heterocycles. The van der Waals surface area contributed by atoms with E-state index in [1.54, 1.807) is 11.9 Å². The maximum absolute atomic E-state index is 12.3. The number of furan rings is 1. The molecular formula is C13H21ClN2O3. The molecule has 0 radical (unpaired) electrons. The molecule has 1 fully saturated rings. The van der Waals surface area contributed by atoms with E-state index in [2.05, 4.69) is 0 Å². The first-order chi connectivity index (χ1) is 8.51. The Labute approximate surface area is 119 Å². The van der Waals surface area contributed by atoms with Gasteiger partial charge >= 0.3 is 0 Å². The molecule has 0 aliphatic carbocycles. The Hall–Kier alpha value is -1.04. The first kappa shape index (κ1) is 16.0. The van der Waals surface area contributed by atoms with E-state index in [4.69, 9.17) is 14.9 Å². The van der Waals surface area contributed by atoms with Gasteiger partial charge in [-0.05, 0) is 31.9 Å². The maximum Gasteiger partial charge on any atom is 0.242 e. The number of nitrogens with zero attached hydrogens (tertiary/aromatic N) is 1. The third-order valence-corrected chi connectivity index (χ3v) is 3.35. The van der Waals surface area contributed by atoms with Crippen LogP contribution in [0.3, 0.4) is 0 Å². The summed E-state index contributed by atoms with van der Waals surface area (Å²) < 4.78 is 10.7. The fourth-order valence-corrected chi connectivity index (χ4v) is 2.21. The van der Waals surface area contributed by atoms with Gasteiger partial charge < -0.3 is 19.8 Å². The fourth-order valence-electron chi connectivity index (χ4n) is 2.21. The van der Waals surface area contributed by atoms with E-state index in [0.717, 1.165) is 11.5 Å². The maximum atomic E-state index is 12.3. The lowest BCUT2D eigenvalue weighted by atomic mass is 9.90. The van der Waals surface area contributed by atoms with Crippen LogP contribution in [-0.4, -0.2) is 36.6 Å². The zero-order chi connectivity index (χ0) is 13.2. The van der Waals surface area contributed by atoms with Crippen LogP contribution in [0.4, 0.5) is 0 Å². The van der Waals surface area contributed by atoms with Crippen LogP contribution in [0, 0.1) is 6.92 Å². The lowest BCUT2D eigenvalue weighted by Crippen LogP contribution is -2.57. The number of ether oxygens (including phenoxy) is 1. The first-order valence-electron chi connectivity index (χ1n) is 6.19. The van der Waals surface area contributed by atoms with Gasteiger partial charge in [-0.2, -0.15) is 0 Å². The number of carbonyl (C=O) groups is 1. The number of halogens is 1. The molecule has 19 heavy (non-hydrogen) atoms. The molecule has 2 rings (SSSR count). The Morgan fingerprint density at radius 1 is 1.42 bits per heavy atom. The van der Waals surface area contributed by atoms with Gasteiger partial charge in [0.2, 0.25) is 5.91 Å². The summed E-state index contributed by atoms with van der Waals surface area (Å²) in [6.07, 6.45) is 1.15. The van der Waals surface area contributed by atoms with Gasteiger partial charge in [-0.25, -0.2) is 0 Å². The van der Waals surface area contributed by atoms with Crippen molar-refractivity contribution in [3.05, 3.63) is 23.7 Å². The number of rotatable bonds is 3. The molecule has 2 heterocycles. The monoisotopic (exact) mass is 288 g/mol. The van der Waals surface area contributed by atoms with Gasteiger partial charge in [0, 0.05) is 20.3 Å². The molecule has 0 unspecified atom stereocenters. The Balaban J connectivity index is 0.00000180. The van der Waals surface area contributed by atoms with Crippen LogP contribution in [0.5, 0.6) is 0 Å². The number of hydrogen-bond donors (Lipinski definition) is 1. The summed E-state index contributed by atoms with van der Waals surface area (Å²) in [6, 6.07) is 3.77. The van der Waals surface area contributed by atoms with Gasteiger partial charge in [-0.3, -0.25) is 4.79 Å². The molecule has 0 bridgehead atoms.